The third-order valence-electron chi connectivity index (χ3n) is 3.79. The van der Waals surface area contributed by atoms with E-state index in [1.54, 1.807) is 0 Å². The number of imide groups is 1. The standard InChI is InChI=1S/C16H14N2O6/c1-8(11-5-6-14(20)17-16(11)22)15(21)12-4-3-10(18(23)24)7-13(12)9(2)19/h3-4,7,11H,1,5-6H2,2H3,(H,17,20,22). The van der Waals surface area contributed by atoms with Crippen molar-refractivity contribution in [2.24, 2.45) is 5.92 Å². The Morgan fingerprint density at radius 3 is 2.50 bits per heavy atom. The van der Waals surface area contributed by atoms with Crippen LogP contribution in [-0.2, 0) is 9.59 Å². The maximum Gasteiger partial charge on any atom is 0.270 e. The lowest BCUT2D eigenvalue weighted by Gasteiger charge is -2.22. The smallest absolute Gasteiger partial charge is 0.270 e. The van der Waals surface area contributed by atoms with E-state index in [0.717, 1.165) is 12.1 Å². The monoisotopic (exact) mass is 330 g/mol. The SMILES string of the molecule is C=C(C(=O)c1ccc([N+](=O)[O-])cc1C(C)=O)C1CCC(=O)NC1=O. The molecule has 1 atom stereocenters. The summed E-state index contributed by atoms with van der Waals surface area (Å²) >= 11 is 0. The minimum absolute atomic E-state index is 0.0530. The molecule has 1 heterocycles. The van der Waals surface area contributed by atoms with E-state index in [0.29, 0.717) is 0 Å². The van der Waals surface area contributed by atoms with E-state index in [9.17, 15) is 29.3 Å². The van der Waals surface area contributed by atoms with Gasteiger partial charge in [0, 0.05) is 35.3 Å². The summed E-state index contributed by atoms with van der Waals surface area (Å²) in [6.45, 7) is 4.81. The Bertz CT molecular complexity index is 796. The van der Waals surface area contributed by atoms with Crippen molar-refractivity contribution in [2.75, 3.05) is 0 Å². The number of carbonyl (C=O) groups excluding carboxylic acids is 4. The largest absolute Gasteiger partial charge is 0.296 e. The molecule has 1 aromatic carbocycles. The van der Waals surface area contributed by atoms with Crippen LogP contribution in [0.5, 0.6) is 0 Å². The molecule has 1 saturated heterocycles. The van der Waals surface area contributed by atoms with E-state index in [1.165, 1.54) is 13.0 Å². The number of rotatable bonds is 5. The zero-order valence-electron chi connectivity index (χ0n) is 12.8. The Balaban J connectivity index is 2.37. The van der Waals surface area contributed by atoms with Crippen LogP contribution in [0.2, 0.25) is 0 Å². The average molecular weight is 330 g/mol. The highest BCUT2D eigenvalue weighted by Crippen LogP contribution is 2.26. The quantitative estimate of drug-likeness (QED) is 0.287. The van der Waals surface area contributed by atoms with Gasteiger partial charge in [0.2, 0.25) is 11.8 Å². The third kappa shape index (κ3) is 3.27. The first kappa shape index (κ1) is 17.2. The van der Waals surface area contributed by atoms with Gasteiger partial charge in [0.05, 0.1) is 10.8 Å². The number of nitrogens with zero attached hydrogens (tertiary/aromatic N) is 1. The molecule has 24 heavy (non-hydrogen) atoms. The van der Waals surface area contributed by atoms with Crippen molar-refractivity contribution in [2.45, 2.75) is 19.8 Å². The van der Waals surface area contributed by atoms with Crippen molar-refractivity contribution >= 4 is 29.1 Å². The van der Waals surface area contributed by atoms with Gasteiger partial charge >= 0.3 is 0 Å². The number of nitro benzene ring substituents is 1. The normalized spacial score (nSPS) is 17.1. The second kappa shape index (κ2) is 6.53. The molecule has 1 aromatic rings. The molecule has 1 fully saturated rings. The van der Waals surface area contributed by atoms with Gasteiger partial charge in [-0.15, -0.1) is 0 Å². The van der Waals surface area contributed by atoms with E-state index in [1.807, 2.05) is 0 Å². The minimum Gasteiger partial charge on any atom is -0.296 e. The predicted octanol–water partition coefficient (Wildman–Crippen LogP) is 1.59. The van der Waals surface area contributed by atoms with Crippen LogP contribution in [0.25, 0.3) is 0 Å². The minimum atomic E-state index is -0.870. The van der Waals surface area contributed by atoms with Gasteiger partial charge in [0.25, 0.3) is 5.69 Å². The predicted molar refractivity (Wildman–Crippen MR) is 82.4 cm³/mol. The highest BCUT2D eigenvalue weighted by molar-refractivity contribution is 6.17. The summed E-state index contributed by atoms with van der Waals surface area (Å²) in [5, 5.41) is 12.9. The van der Waals surface area contributed by atoms with E-state index in [-0.39, 0.29) is 35.2 Å². The van der Waals surface area contributed by atoms with Crippen molar-refractivity contribution < 1.29 is 24.1 Å². The Kier molecular flexibility index (Phi) is 4.68. The van der Waals surface area contributed by atoms with Crippen molar-refractivity contribution in [1.29, 1.82) is 0 Å². The lowest BCUT2D eigenvalue weighted by atomic mass is 9.85. The zero-order chi connectivity index (χ0) is 18.0. The maximum atomic E-state index is 12.6. The van der Waals surface area contributed by atoms with Gasteiger partial charge in [0.1, 0.15) is 0 Å². The number of hydrogen-bond acceptors (Lipinski definition) is 6. The van der Waals surface area contributed by atoms with Gasteiger partial charge in [-0.2, -0.15) is 0 Å². The first-order valence-electron chi connectivity index (χ1n) is 7.09. The van der Waals surface area contributed by atoms with E-state index < -0.39 is 34.2 Å². The molecule has 124 valence electrons. The van der Waals surface area contributed by atoms with Crippen LogP contribution >= 0.6 is 0 Å². The maximum absolute atomic E-state index is 12.6. The Morgan fingerprint density at radius 2 is 1.96 bits per heavy atom. The number of amides is 2. The highest BCUT2D eigenvalue weighted by Gasteiger charge is 2.33. The molecule has 1 unspecified atom stereocenters. The van der Waals surface area contributed by atoms with Gasteiger partial charge < -0.3 is 0 Å². The first-order valence-corrected chi connectivity index (χ1v) is 7.09. The van der Waals surface area contributed by atoms with Crippen LogP contribution in [0.1, 0.15) is 40.5 Å². The summed E-state index contributed by atoms with van der Waals surface area (Å²) in [5.74, 6) is -3.07. The Morgan fingerprint density at radius 1 is 1.29 bits per heavy atom. The van der Waals surface area contributed by atoms with Crippen LogP contribution < -0.4 is 5.32 Å². The van der Waals surface area contributed by atoms with Crippen LogP contribution in [0.3, 0.4) is 0 Å². The number of hydrogen-bond donors (Lipinski definition) is 1. The fourth-order valence-electron chi connectivity index (χ4n) is 2.49. The number of benzene rings is 1. The fraction of sp³-hybridized carbons (Fsp3) is 0.250. The number of ketones is 2. The molecule has 0 bridgehead atoms. The van der Waals surface area contributed by atoms with Gasteiger partial charge in [-0.1, -0.05) is 6.58 Å². The molecule has 1 aliphatic heterocycles. The summed E-state index contributed by atoms with van der Waals surface area (Å²) in [7, 11) is 0. The Labute approximate surface area is 136 Å². The van der Waals surface area contributed by atoms with E-state index in [4.69, 9.17) is 0 Å². The molecule has 1 N–H and O–H groups in total. The molecular formula is C16H14N2O6. The number of Topliss-reactive ketones (excluding diaryl/α,β-unsaturated/α-hetero) is 2. The summed E-state index contributed by atoms with van der Waals surface area (Å²) in [4.78, 5) is 57.5. The van der Waals surface area contributed by atoms with Crippen LogP contribution in [-0.4, -0.2) is 28.3 Å². The average Bonchev–Trinajstić information content (AvgIpc) is 2.52. The molecule has 2 rings (SSSR count). The molecule has 2 amide bonds. The van der Waals surface area contributed by atoms with Crippen LogP contribution in [0.4, 0.5) is 5.69 Å². The van der Waals surface area contributed by atoms with E-state index >= 15 is 0 Å². The summed E-state index contributed by atoms with van der Waals surface area (Å²) in [6.07, 6.45) is 0.236. The van der Waals surface area contributed by atoms with Gasteiger partial charge in [-0.25, -0.2) is 0 Å². The molecule has 0 radical (unpaired) electrons. The molecule has 0 aliphatic carbocycles. The molecule has 0 spiro atoms. The third-order valence-corrected chi connectivity index (χ3v) is 3.79. The molecule has 8 nitrogen and oxygen atoms in total. The molecule has 0 aromatic heterocycles. The second-order valence-corrected chi connectivity index (χ2v) is 5.40. The number of nitrogens with one attached hydrogen (secondary N) is 1. The topological polar surface area (TPSA) is 123 Å². The number of nitro groups is 1. The first-order chi connectivity index (χ1) is 11.2. The summed E-state index contributed by atoms with van der Waals surface area (Å²) in [5.41, 5.74) is -0.537. The summed E-state index contributed by atoms with van der Waals surface area (Å²) < 4.78 is 0. The summed E-state index contributed by atoms with van der Waals surface area (Å²) in [6, 6.07) is 3.30. The van der Waals surface area contributed by atoms with Gasteiger partial charge in [-0.3, -0.25) is 34.6 Å². The molecular weight excluding hydrogens is 316 g/mol. The highest BCUT2D eigenvalue weighted by atomic mass is 16.6. The van der Waals surface area contributed by atoms with E-state index in [2.05, 4.69) is 11.9 Å². The van der Waals surface area contributed by atoms with Crippen LogP contribution in [0.15, 0.2) is 30.4 Å². The van der Waals surface area contributed by atoms with Crippen LogP contribution in [0, 0.1) is 16.0 Å². The lowest BCUT2D eigenvalue weighted by Crippen LogP contribution is -2.42. The van der Waals surface area contributed by atoms with Crippen molar-refractivity contribution in [3.8, 4) is 0 Å². The number of carbonyl (C=O) groups is 4. The fourth-order valence-corrected chi connectivity index (χ4v) is 2.49. The van der Waals surface area contributed by atoms with Crippen molar-refractivity contribution in [1.82, 2.24) is 5.32 Å². The molecule has 0 saturated carbocycles. The van der Waals surface area contributed by atoms with Crippen molar-refractivity contribution in [3.05, 3.63) is 51.6 Å². The Hall–Kier alpha value is -3.16. The number of piperidine rings is 1. The lowest BCUT2D eigenvalue weighted by molar-refractivity contribution is -0.384. The number of non-ortho nitro benzene ring substituents is 1. The van der Waals surface area contributed by atoms with Crippen molar-refractivity contribution in [3.63, 3.8) is 0 Å². The molecule has 8 heteroatoms. The molecule has 1 aliphatic rings. The van der Waals surface area contributed by atoms with Gasteiger partial charge in [0.15, 0.2) is 11.6 Å². The zero-order valence-corrected chi connectivity index (χ0v) is 12.8. The van der Waals surface area contributed by atoms with Gasteiger partial charge in [-0.05, 0) is 19.4 Å². The second-order valence-electron chi connectivity index (χ2n) is 5.40.